The first-order chi connectivity index (χ1) is 8.32. The monoisotopic (exact) mass is 252 g/mol. The van der Waals surface area contributed by atoms with Gasteiger partial charge in [-0.25, -0.2) is 0 Å². The molecule has 0 fully saturated rings. The topological polar surface area (TPSA) is 61.0 Å². The van der Waals surface area contributed by atoms with E-state index < -0.39 is 0 Å². The van der Waals surface area contributed by atoms with Crippen molar-refractivity contribution in [2.24, 2.45) is 5.92 Å². The lowest BCUT2D eigenvalue weighted by atomic mass is 10.0. The van der Waals surface area contributed by atoms with Crippen molar-refractivity contribution >= 4 is 11.7 Å². The average molecular weight is 252 g/mol. The minimum atomic E-state index is -0.149. The SMILES string of the molecule is CC(C)c1cc(NC(=O)[C@H](C(C)C)N(C)C)n[nH]1. The van der Waals surface area contributed by atoms with E-state index in [2.05, 4.69) is 29.4 Å². The second-order valence-corrected chi connectivity index (χ2v) is 5.50. The van der Waals surface area contributed by atoms with Crippen LogP contribution < -0.4 is 5.32 Å². The van der Waals surface area contributed by atoms with E-state index in [1.54, 1.807) is 0 Å². The van der Waals surface area contributed by atoms with Gasteiger partial charge >= 0.3 is 0 Å². The third-order valence-electron chi connectivity index (χ3n) is 2.93. The Hall–Kier alpha value is -1.36. The van der Waals surface area contributed by atoms with Crippen LogP contribution in [0.15, 0.2) is 6.07 Å². The lowest BCUT2D eigenvalue weighted by molar-refractivity contribution is -0.121. The van der Waals surface area contributed by atoms with Gasteiger partial charge in [0.2, 0.25) is 5.91 Å². The van der Waals surface area contributed by atoms with Crippen LogP contribution in [0.25, 0.3) is 0 Å². The van der Waals surface area contributed by atoms with Gasteiger partial charge in [-0.15, -0.1) is 0 Å². The van der Waals surface area contributed by atoms with E-state index in [9.17, 15) is 4.79 Å². The van der Waals surface area contributed by atoms with Gasteiger partial charge in [-0.2, -0.15) is 5.10 Å². The van der Waals surface area contributed by atoms with Crippen molar-refractivity contribution in [1.82, 2.24) is 15.1 Å². The van der Waals surface area contributed by atoms with Gasteiger partial charge in [0.1, 0.15) is 0 Å². The number of H-pyrrole nitrogens is 1. The average Bonchev–Trinajstić information content (AvgIpc) is 2.64. The molecule has 0 aliphatic rings. The van der Waals surface area contributed by atoms with Gasteiger partial charge in [-0.3, -0.25) is 14.8 Å². The number of hydrogen-bond donors (Lipinski definition) is 2. The van der Waals surface area contributed by atoms with E-state index in [4.69, 9.17) is 0 Å². The molecule has 2 N–H and O–H groups in total. The quantitative estimate of drug-likeness (QED) is 0.843. The summed E-state index contributed by atoms with van der Waals surface area (Å²) >= 11 is 0. The Labute approximate surface area is 109 Å². The minimum absolute atomic E-state index is 0.0168. The van der Waals surface area contributed by atoms with Gasteiger partial charge in [0.05, 0.1) is 6.04 Å². The van der Waals surface area contributed by atoms with E-state index in [1.807, 2.05) is 38.9 Å². The fourth-order valence-corrected chi connectivity index (χ4v) is 2.03. The van der Waals surface area contributed by atoms with Crippen LogP contribution in [-0.2, 0) is 4.79 Å². The Morgan fingerprint density at radius 1 is 1.33 bits per heavy atom. The number of carbonyl (C=O) groups excluding carboxylic acids is 1. The van der Waals surface area contributed by atoms with Crippen molar-refractivity contribution in [3.63, 3.8) is 0 Å². The number of aromatic nitrogens is 2. The lowest BCUT2D eigenvalue weighted by Crippen LogP contribution is -2.43. The number of aromatic amines is 1. The van der Waals surface area contributed by atoms with Crippen LogP contribution in [0.2, 0.25) is 0 Å². The van der Waals surface area contributed by atoms with Crippen molar-refractivity contribution in [3.8, 4) is 0 Å². The van der Waals surface area contributed by atoms with Gasteiger partial charge < -0.3 is 5.32 Å². The van der Waals surface area contributed by atoms with Crippen molar-refractivity contribution in [2.75, 3.05) is 19.4 Å². The normalized spacial score (nSPS) is 13.4. The summed E-state index contributed by atoms with van der Waals surface area (Å²) in [6.07, 6.45) is 0. The highest BCUT2D eigenvalue weighted by atomic mass is 16.2. The summed E-state index contributed by atoms with van der Waals surface area (Å²) in [4.78, 5) is 14.1. The van der Waals surface area contributed by atoms with Crippen LogP contribution in [0.1, 0.15) is 39.3 Å². The first-order valence-electron chi connectivity index (χ1n) is 6.35. The molecular weight excluding hydrogens is 228 g/mol. The Balaban J connectivity index is 2.73. The van der Waals surface area contributed by atoms with Gasteiger partial charge in [0, 0.05) is 11.8 Å². The van der Waals surface area contributed by atoms with Crippen molar-refractivity contribution in [1.29, 1.82) is 0 Å². The van der Waals surface area contributed by atoms with Crippen LogP contribution in [-0.4, -0.2) is 41.1 Å². The fourth-order valence-electron chi connectivity index (χ4n) is 2.03. The number of nitrogens with one attached hydrogen (secondary N) is 2. The van der Waals surface area contributed by atoms with Crippen LogP contribution in [0.3, 0.4) is 0 Å². The molecule has 0 spiro atoms. The number of rotatable bonds is 5. The van der Waals surface area contributed by atoms with Crippen molar-refractivity contribution in [2.45, 2.75) is 39.7 Å². The molecule has 0 bridgehead atoms. The molecule has 1 aromatic heterocycles. The zero-order valence-corrected chi connectivity index (χ0v) is 12.1. The Bertz CT molecular complexity index is 387. The van der Waals surface area contributed by atoms with Gasteiger partial charge in [-0.05, 0) is 25.9 Å². The number of nitrogens with zero attached hydrogens (tertiary/aromatic N) is 2. The summed E-state index contributed by atoms with van der Waals surface area (Å²) < 4.78 is 0. The first-order valence-corrected chi connectivity index (χ1v) is 6.35. The molecule has 5 heteroatoms. The summed E-state index contributed by atoms with van der Waals surface area (Å²) in [5, 5.41) is 9.89. The molecule has 1 rings (SSSR count). The third-order valence-corrected chi connectivity index (χ3v) is 2.93. The smallest absolute Gasteiger partial charge is 0.243 e. The van der Waals surface area contributed by atoms with E-state index in [0.717, 1.165) is 5.69 Å². The molecule has 0 aliphatic carbocycles. The van der Waals surface area contributed by atoms with Crippen LogP contribution in [0.4, 0.5) is 5.82 Å². The number of carbonyl (C=O) groups is 1. The van der Waals surface area contributed by atoms with Crippen LogP contribution >= 0.6 is 0 Å². The largest absolute Gasteiger partial charge is 0.308 e. The highest BCUT2D eigenvalue weighted by Crippen LogP contribution is 2.16. The van der Waals surface area contributed by atoms with Crippen LogP contribution in [0, 0.1) is 5.92 Å². The lowest BCUT2D eigenvalue weighted by Gasteiger charge is -2.26. The molecular formula is C13H24N4O. The molecule has 1 heterocycles. The summed E-state index contributed by atoms with van der Waals surface area (Å²) in [6.45, 7) is 8.23. The standard InChI is InChI=1S/C13H24N4O/c1-8(2)10-7-11(16-15-10)14-13(18)12(9(3)4)17(5)6/h7-9,12H,1-6H3,(H2,14,15,16,18)/t12-/m0/s1. The first kappa shape index (κ1) is 14.7. The molecule has 0 saturated heterocycles. The second-order valence-electron chi connectivity index (χ2n) is 5.50. The highest BCUT2D eigenvalue weighted by molar-refractivity contribution is 5.94. The van der Waals surface area contributed by atoms with E-state index >= 15 is 0 Å². The molecule has 1 atom stereocenters. The number of hydrogen-bond acceptors (Lipinski definition) is 3. The molecule has 0 unspecified atom stereocenters. The Morgan fingerprint density at radius 2 is 1.94 bits per heavy atom. The van der Waals surface area contributed by atoms with Crippen molar-refractivity contribution in [3.05, 3.63) is 11.8 Å². The molecule has 18 heavy (non-hydrogen) atoms. The van der Waals surface area contributed by atoms with E-state index in [-0.39, 0.29) is 17.9 Å². The molecule has 1 amide bonds. The Morgan fingerprint density at radius 3 is 2.33 bits per heavy atom. The predicted octanol–water partition coefficient (Wildman–Crippen LogP) is 2.06. The molecule has 5 nitrogen and oxygen atoms in total. The molecule has 1 aromatic rings. The van der Waals surface area contributed by atoms with Crippen molar-refractivity contribution < 1.29 is 4.79 Å². The summed E-state index contributed by atoms with van der Waals surface area (Å²) in [7, 11) is 3.82. The zero-order valence-electron chi connectivity index (χ0n) is 12.1. The third kappa shape index (κ3) is 3.57. The number of anilines is 1. The summed E-state index contributed by atoms with van der Waals surface area (Å²) in [6, 6.07) is 1.74. The Kier molecular flexibility index (Phi) is 4.90. The highest BCUT2D eigenvalue weighted by Gasteiger charge is 2.24. The molecule has 0 saturated carbocycles. The predicted molar refractivity (Wildman–Crippen MR) is 73.6 cm³/mol. The maximum atomic E-state index is 12.2. The minimum Gasteiger partial charge on any atom is -0.308 e. The molecule has 0 aliphatic heterocycles. The summed E-state index contributed by atoms with van der Waals surface area (Å²) in [5.74, 6) is 1.20. The second kappa shape index (κ2) is 6.00. The maximum Gasteiger partial charge on any atom is 0.243 e. The van der Waals surface area contributed by atoms with Gasteiger partial charge in [-0.1, -0.05) is 27.7 Å². The molecule has 0 aromatic carbocycles. The molecule has 102 valence electrons. The zero-order chi connectivity index (χ0) is 13.9. The van der Waals surface area contributed by atoms with E-state index in [0.29, 0.717) is 11.7 Å². The van der Waals surface area contributed by atoms with Crippen LogP contribution in [0.5, 0.6) is 0 Å². The number of likely N-dealkylation sites (N-methyl/N-ethyl adjacent to an activating group) is 1. The van der Waals surface area contributed by atoms with Gasteiger partial charge in [0.15, 0.2) is 5.82 Å². The van der Waals surface area contributed by atoms with Gasteiger partial charge in [0.25, 0.3) is 0 Å². The fraction of sp³-hybridized carbons (Fsp3) is 0.692. The molecule has 0 radical (unpaired) electrons. The van der Waals surface area contributed by atoms with E-state index in [1.165, 1.54) is 0 Å². The summed E-state index contributed by atoms with van der Waals surface area (Å²) in [5.41, 5.74) is 1.02. The maximum absolute atomic E-state index is 12.2. The number of amides is 1.